The van der Waals surface area contributed by atoms with Crippen molar-refractivity contribution in [2.75, 3.05) is 13.2 Å². The fourth-order valence-corrected chi connectivity index (χ4v) is 3.39. The summed E-state index contributed by atoms with van der Waals surface area (Å²) in [6.45, 7) is 5.51. The van der Waals surface area contributed by atoms with Crippen LogP contribution in [-0.4, -0.2) is 23.9 Å². The van der Waals surface area contributed by atoms with Crippen molar-refractivity contribution in [2.45, 2.75) is 51.6 Å². The van der Waals surface area contributed by atoms with Gasteiger partial charge >= 0.3 is 0 Å². The lowest BCUT2D eigenvalue weighted by Crippen LogP contribution is -2.50. The van der Waals surface area contributed by atoms with E-state index in [1.807, 2.05) is 0 Å². The molecular weight excluding hydrogens is 214 g/mol. The van der Waals surface area contributed by atoms with E-state index >= 15 is 0 Å². The molecular formula is C14H23NO2. The normalized spacial score (nSPS) is 42.6. The molecule has 0 amide bonds. The standard InChI is InChI=1S/C14H23NO2/c1-11(2)12-3-5-14(16,6-4-12)13(9-15)7-8-17-10-13/h11-12,16H,3-8,10H2,1-2H3. The first-order valence-corrected chi connectivity index (χ1v) is 6.74. The molecule has 0 bridgehead atoms. The summed E-state index contributed by atoms with van der Waals surface area (Å²) in [6.07, 6.45) is 4.28. The van der Waals surface area contributed by atoms with Gasteiger partial charge in [-0.3, -0.25) is 0 Å². The van der Waals surface area contributed by atoms with Crippen LogP contribution in [0.4, 0.5) is 0 Å². The van der Waals surface area contributed by atoms with Crippen LogP contribution in [0.3, 0.4) is 0 Å². The highest BCUT2D eigenvalue weighted by molar-refractivity contribution is 5.14. The maximum absolute atomic E-state index is 10.8. The first-order chi connectivity index (χ1) is 8.03. The van der Waals surface area contributed by atoms with Crippen molar-refractivity contribution in [3.63, 3.8) is 0 Å². The minimum absolute atomic E-state index is 0.409. The summed E-state index contributed by atoms with van der Waals surface area (Å²) < 4.78 is 5.36. The van der Waals surface area contributed by atoms with Gasteiger partial charge in [0.15, 0.2) is 0 Å². The highest BCUT2D eigenvalue weighted by Gasteiger charge is 2.54. The van der Waals surface area contributed by atoms with E-state index in [-0.39, 0.29) is 0 Å². The largest absolute Gasteiger partial charge is 0.388 e. The molecule has 1 heterocycles. The van der Waals surface area contributed by atoms with Gasteiger partial charge in [-0.2, -0.15) is 5.26 Å². The van der Waals surface area contributed by atoms with E-state index in [1.54, 1.807) is 0 Å². The van der Waals surface area contributed by atoms with Crippen LogP contribution in [-0.2, 0) is 4.74 Å². The summed E-state index contributed by atoms with van der Waals surface area (Å²) in [7, 11) is 0. The molecule has 3 nitrogen and oxygen atoms in total. The van der Waals surface area contributed by atoms with Crippen molar-refractivity contribution in [2.24, 2.45) is 17.3 Å². The van der Waals surface area contributed by atoms with E-state index in [1.165, 1.54) is 0 Å². The average Bonchev–Trinajstić information content (AvgIpc) is 2.79. The smallest absolute Gasteiger partial charge is 0.111 e. The number of nitrogens with zero attached hydrogens (tertiary/aromatic N) is 1. The number of hydrogen-bond acceptors (Lipinski definition) is 3. The van der Waals surface area contributed by atoms with Gasteiger partial charge in [0, 0.05) is 6.61 Å². The molecule has 1 unspecified atom stereocenters. The SMILES string of the molecule is CC(C)C1CCC(O)(C2(C#N)CCOC2)CC1. The molecule has 0 aromatic heterocycles. The number of ether oxygens (including phenoxy) is 1. The van der Waals surface area contributed by atoms with E-state index in [9.17, 15) is 10.4 Å². The van der Waals surface area contributed by atoms with Gasteiger partial charge in [-0.25, -0.2) is 0 Å². The highest BCUT2D eigenvalue weighted by Crippen LogP contribution is 2.49. The first-order valence-electron chi connectivity index (χ1n) is 6.74. The van der Waals surface area contributed by atoms with Gasteiger partial charge in [0.1, 0.15) is 5.41 Å². The Morgan fingerprint density at radius 1 is 1.29 bits per heavy atom. The quantitative estimate of drug-likeness (QED) is 0.802. The van der Waals surface area contributed by atoms with E-state index in [4.69, 9.17) is 4.74 Å². The minimum Gasteiger partial charge on any atom is -0.388 e. The van der Waals surface area contributed by atoms with E-state index in [2.05, 4.69) is 19.9 Å². The molecule has 0 spiro atoms. The van der Waals surface area contributed by atoms with Crippen LogP contribution in [0.25, 0.3) is 0 Å². The summed E-state index contributed by atoms with van der Waals surface area (Å²) in [4.78, 5) is 0. The Morgan fingerprint density at radius 2 is 1.94 bits per heavy atom. The Balaban J connectivity index is 2.09. The molecule has 1 N–H and O–H groups in total. The summed E-state index contributed by atoms with van der Waals surface area (Å²) in [6, 6.07) is 2.36. The molecule has 1 atom stereocenters. The van der Waals surface area contributed by atoms with Crippen molar-refractivity contribution in [3.8, 4) is 6.07 Å². The second-order valence-electron chi connectivity index (χ2n) is 6.11. The number of nitriles is 1. The van der Waals surface area contributed by atoms with Crippen molar-refractivity contribution in [1.82, 2.24) is 0 Å². The molecule has 3 heteroatoms. The second kappa shape index (κ2) is 4.59. The molecule has 0 radical (unpaired) electrons. The molecule has 17 heavy (non-hydrogen) atoms. The summed E-state index contributed by atoms with van der Waals surface area (Å²) in [5.41, 5.74) is -1.46. The van der Waals surface area contributed by atoms with E-state index in [0.717, 1.165) is 25.7 Å². The van der Waals surface area contributed by atoms with Crippen molar-refractivity contribution in [3.05, 3.63) is 0 Å². The van der Waals surface area contributed by atoms with Crippen molar-refractivity contribution in [1.29, 1.82) is 5.26 Å². The molecule has 2 fully saturated rings. The molecule has 1 saturated heterocycles. The maximum atomic E-state index is 10.8. The van der Waals surface area contributed by atoms with Crippen molar-refractivity contribution < 1.29 is 9.84 Å². The summed E-state index contributed by atoms with van der Waals surface area (Å²) >= 11 is 0. The van der Waals surface area contributed by atoms with E-state index < -0.39 is 11.0 Å². The van der Waals surface area contributed by atoms with Gasteiger partial charge in [0.25, 0.3) is 0 Å². The van der Waals surface area contributed by atoms with Gasteiger partial charge in [-0.15, -0.1) is 0 Å². The van der Waals surface area contributed by atoms with Crippen LogP contribution >= 0.6 is 0 Å². The van der Waals surface area contributed by atoms with Crippen LogP contribution in [0, 0.1) is 28.6 Å². The topological polar surface area (TPSA) is 53.2 Å². The fraction of sp³-hybridized carbons (Fsp3) is 0.929. The zero-order valence-electron chi connectivity index (χ0n) is 10.9. The Hall–Kier alpha value is -0.590. The first kappa shape index (κ1) is 12.9. The molecule has 2 rings (SSSR count). The average molecular weight is 237 g/mol. The van der Waals surface area contributed by atoms with Gasteiger partial charge in [0.2, 0.25) is 0 Å². The second-order valence-corrected chi connectivity index (χ2v) is 6.11. The third kappa shape index (κ3) is 2.09. The molecule has 1 aliphatic heterocycles. The lowest BCUT2D eigenvalue weighted by molar-refractivity contribution is -0.0951. The predicted molar refractivity (Wildman–Crippen MR) is 65.2 cm³/mol. The van der Waals surface area contributed by atoms with Crippen molar-refractivity contribution >= 4 is 0 Å². The maximum Gasteiger partial charge on any atom is 0.111 e. The zero-order chi connectivity index (χ0) is 12.5. The number of aliphatic hydroxyl groups is 1. The summed E-state index contributed by atoms with van der Waals surface area (Å²) in [5, 5.41) is 20.2. The predicted octanol–water partition coefficient (Wildman–Crippen LogP) is 2.49. The van der Waals surface area contributed by atoms with Gasteiger partial charge in [0.05, 0.1) is 18.3 Å². The molecule has 1 aliphatic carbocycles. The van der Waals surface area contributed by atoms with Crippen LogP contribution in [0.1, 0.15) is 46.0 Å². The fourth-order valence-electron chi connectivity index (χ4n) is 3.39. The third-order valence-electron chi connectivity index (χ3n) is 4.93. The Bertz CT molecular complexity index is 305. The monoisotopic (exact) mass is 237 g/mol. The third-order valence-corrected chi connectivity index (χ3v) is 4.93. The van der Waals surface area contributed by atoms with E-state index in [0.29, 0.717) is 31.5 Å². The number of hydrogen-bond donors (Lipinski definition) is 1. The van der Waals surface area contributed by atoms with Crippen LogP contribution in [0.2, 0.25) is 0 Å². The molecule has 2 aliphatic rings. The lowest BCUT2D eigenvalue weighted by Gasteiger charge is -2.44. The Labute approximate surface area is 104 Å². The Kier molecular flexibility index (Phi) is 3.47. The Morgan fingerprint density at radius 3 is 2.35 bits per heavy atom. The zero-order valence-corrected chi connectivity index (χ0v) is 10.9. The number of rotatable bonds is 2. The van der Waals surface area contributed by atoms with Crippen LogP contribution in [0.15, 0.2) is 0 Å². The van der Waals surface area contributed by atoms with Gasteiger partial charge in [-0.05, 0) is 43.9 Å². The molecule has 96 valence electrons. The lowest BCUT2D eigenvalue weighted by atomic mass is 9.62. The summed E-state index contributed by atoms with van der Waals surface area (Å²) in [5.74, 6) is 1.38. The highest BCUT2D eigenvalue weighted by atomic mass is 16.5. The molecule has 1 saturated carbocycles. The minimum atomic E-state index is -0.816. The van der Waals surface area contributed by atoms with Crippen LogP contribution < -0.4 is 0 Å². The van der Waals surface area contributed by atoms with Gasteiger partial charge in [-0.1, -0.05) is 13.8 Å². The molecule has 0 aromatic carbocycles. The molecule has 0 aromatic rings. The van der Waals surface area contributed by atoms with Crippen LogP contribution in [0.5, 0.6) is 0 Å². The van der Waals surface area contributed by atoms with Gasteiger partial charge < -0.3 is 9.84 Å².